The van der Waals surface area contributed by atoms with Crippen molar-refractivity contribution in [1.29, 1.82) is 0 Å². The van der Waals surface area contributed by atoms with Crippen molar-refractivity contribution in [2.45, 2.75) is 38.9 Å². The molecule has 0 N–H and O–H groups in total. The molecule has 4 rings (SSSR count). The summed E-state index contributed by atoms with van der Waals surface area (Å²) < 4.78 is 1.72. The van der Waals surface area contributed by atoms with Crippen LogP contribution in [0.25, 0.3) is 0 Å². The molecular formula is C17H18N4O2. The Bertz CT molecular complexity index is 739. The van der Waals surface area contributed by atoms with E-state index in [1.807, 2.05) is 31.2 Å². The largest absolute Gasteiger partial charge is 0.333 e. The monoisotopic (exact) mass is 310 g/mol. The number of nitrogens with zero attached hydrogens (tertiary/aromatic N) is 4. The Morgan fingerprint density at radius 3 is 2.74 bits per heavy atom. The van der Waals surface area contributed by atoms with Crippen molar-refractivity contribution in [1.82, 2.24) is 14.7 Å². The highest BCUT2D eigenvalue weighted by atomic mass is 16.2. The van der Waals surface area contributed by atoms with E-state index in [9.17, 15) is 9.59 Å². The number of amides is 3. The molecule has 1 saturated heterocycles. The van der Waals surface area contributed by atoms with E-state index in [0.29, 0.717) is 25.3 Å². The number of carbonyl (C=O) groups excluding carboxylic acids is 2. The fourth-order valence-electron chi connectivity index (χ4n) is 3.43. The van der Waals surface area contributed by atoms with Gasteiger partial charge in [0.2, 0.25) is 0 Å². The van der Waals surface area contributed by atoms with Gasteiger partial charge >= 0.3 is 6.03 Å². The quantitative estimate of drug-likeness (QED) is 0.817. The molecule has 1 unspecified atom stereocenters. The summed E-state index contributed by atoms with van der Waals surface area (Å²) in [6.07, 6.45) is 3.11. The van der Waals surface area contributed by atoms with E-state index in [1.165, 1.54) is 4.90 Å². The molecule has 6 heteroatoms. The predicted octanol–water partition coefficient (Wildman–Crippen LogP) is 2.19. The van der Waals surface area contributed by atoms with Gasteiger partial charge < -0.3 is 4.90 Å². The lowest BCUT2D eigenvalue weighted by Crippen LogP contribution is -2.39. The van der Waals surface area contributed by atoms with Crippen molar-refractivity contribution in [2.75, 3.05) is 4.90 Å². The topological polar surface area (TPSA) is 58.4 Å². The van der Waals surface area contributed by atoms with Crippen LogP contribution in [0.5, 0.6) is 0 Å². The standard InChI is InChI=1S/C17H18N4O2/c1-2-9-20-15(7-8-18-20)21-16(22)14-10-12-5-3-4-6-13(12)11-19(14)17(21)23/h3-8,14H,2,9-11H2,1H3. The average Bonchev–Trinajstić information content (AvgIpc) is 3.10. The van der Waals surface area contributed by atoms with Crippen LogP contribution in [0.1, 0.15) is 24.5 Å². The molecule has 2 aliphatic heterocycles. The number of imide groups is 1. The summed E-state index contributed by atoms with van der Waals surface area (Å²) in [5.74, 6) is 0.419. The van der Waals surface area contributed by atoms with Crippen LogP contribution in [-0.4, -0.2) is 32.7 Å². The maximum Gasteiger partial charge on any atom is 0.333 e. The molecule has 2 aliphatic rings. The Labute approximate surface area is 134 Å². The van der Waals surface area contributed by atoms with Crippen LogP contribution in [0.3, 0.4) is 0 Å². The van der Waals surface area contributed by atoms with Crippen molar-refractivity contribution in [2.24, 2.45) is 0 Å². The van der Waals surface area contributed by atoms with Gasteiger partial charge in [-0.3, -0.25) is 4.79 Å². The Balaban J connectivity index is 1.70. The summed E-state index contributed by atoms with van der Waals surface area (Å²) >= 11 is 0. The van der Waals surface area contributed by atoms with Gasteiger partial charge in [0.05, 0.1) is 6.20 Å². The zero-order valence-electron chi connectivity index (χ0n) is 13.0. The van der Waals surface area contributed by atoms with E-state index in [1.54, 1.807) is 21.8 Å². The van der Waals surface area contributed by atoms with Crippen LogP contribution in [0.4, 0.5) is 10.6 Å². The molecule has 1 fully saturated rings. The number of fused-ring (bicyclic) bond motifs is 2. The van der Waals surface area contributed by atoms with E-state index < -0.39 is 6.04 Å². The highest BCUT2D eigenvalue weighted by Crippen LogP contribution is 2.32. The normalized spacial score (nSPS) is 20.0. The lowest BCUT2D eigenvalue weighted by atomic mass is 9.95. The van der Waals surface area contributed by atoms with Gasteiger partial charge in [0.25, 0.3) is 5.91 Å². The molecule has 0 spiro atoms. The molecule has 1 aromatic heterocycles. The molecule has 23 heavy (non-hydrogen) atoms. The summed E-state index contributed by atoms with van der Waals surface area (Å²) in [5.41, 5.74) is 2.27. The molecule has 0 aliphatic carbocycles. The molecule has 6 nitrogen and oxygen atoms in total. The summed E-state index contributed by atoms with van der Waals surface area (Å²) in [6.45, 7) is 3.22. The second-order valence-corrected chi connectivity index (χ2v) is 5.99. The summed E-state index contributed by atoms with van der Waals surface area (Å²) in [4.78, 5) is 28.6. The summed E-state index contributed by atoms with van der Waals surface area (Å²) in [7, 11) is 0. The number of urea groups is 1. The number of benzene rings is 1. The molecular weight excluding hydrogens is 292 g/mol. The van der Waals surface area contributed by atoms with Crippen LogP contribution in [0.15, 0.2) is 36.5 Å². The number of anilines is 1. The fraction of sp³-hybridized carbons (Fsp3) is 0.353. The Morgan fingerprint density at radius 1 is 1.17 bits per heavy atom. The third-order valence-electron chi connectivity index (χ3n) is 4.55. The molecule has 118 valence electrons. The van der Waals surface area contributed by atoms with Crippen LogP contribution < -0.4 is 4.90 Å². The number of aromatic nitrogens is 2. The number of rotatable bonds is 3. The van der Waals surface area contributed by atoms with Gasteiger partial charge in [0.15, 0.2) is 0 Å². The van der Waals surface area contributed by atoms with Gasteiger partial charge in [-0.25, -0.2) is 14.4 Å². The first-order valence-electron chi connectivity index (χ1n) is 7.94. The smallest absolute Gasteiger partial charge is 0.307 e. The molecule has 2 aromatic rings. The highest BCUT2D eigenvalue weighted by molar-refractivity contribution is 6.21. The molecule has 1 aromatic carbocycles. The Kier molecular flexibility index (Phi) is 3.18. The van der Waals surface area contributed by atoms with Gasteiger partial charge in [-0.15, -0.1) is 0 Å². The molecule has 0 saturated carbocycles. The fourth-order valence-corrected chi connectivity index (χ4v) is 3.43. The maximum atomic E-state index is 12.8. The summed E-state index contributed by atoms with van der Waals surface area (Å²) in [5, 5.41) is 4.23. The van der Waals surface area contributed by atoms with Crippen molar-refractivity contribution in [3.63, 3.8) is 0 Å². The van der Waals surface area contributed by atoms with E-state index in [4.69, 9.17) is 0 Å². The van der Waals surface area contributed by atoms with Crippen LogP contribution in [-0.2, 0) is 24.3 Å². The Morgan fingerprint density at radius 2 is 1.96 bits per heavy atom. The van der Waals surface area contributed by atoms with Crippen LogP contribution in [0, 0.1) is 0 Å². The third kappa shape index (κ3) is 2.05. The highest BCUT2D eigenvalue weighted by Gasteiger charge is 2.48. The van der Waals surface area contributed by atoms with Gasteiger partial charge in [-0.05, 0) is 17.5 Å². The van der Waals surface area contributed by atoms with E-state index in [2.05, 4.69) is 5.10 Å². The van der Waals surface area contributed by atoms with E-state index in [0.717, 1.165) is 17.5 Å². The van der Waals surface area contributed by atoms with Crippen LogP contribution >= 0.6 is 0 Å². The first-order chi connectivity index (χ1) is 11.2. The minimum Gasteiger partial charge on any atom is -0.307 e. The van der Waals surface area contributed by atoms with Crippen LogP contribution in [0.2, 0.25) is 0 Å². The molecule has 3 heterocycles. The van der Waals surface area contributed by atoms with Crippen molar-refractivity contribution in [3.8, 4) is 0 Å². The number of aryl methyl sites for hydroxylation is 1. The van der Waals surface area contributed by atoms with Crippen molar-refractivity contribution in [3.05, 3.63) is 47.7 Å². The SMILES string of the molecule is CCCn1nccc1N1C(=O)C2Cc3ccccc3CN2C1=O. The van der Waals surface area contributed by atoms with E-state index in [-0.39, 0.29) is 11.9 Å². The number of hydrogen-bond acceptors (Lipinski definition) is 3. The summed E-state index contributed by atoms with van der Waals surface area (Å²) in [6, 6.07) is 9.09. The lowest BCUT2D eigenvalue weighted by molar-refractivity contribution is -0.120. The molecule has 0 bridgehead atoms. The van der Waals surface area contributed by atoms with Gasteiger partial charge in [0, 0.05) is 25.6 Å². The average molecular weight is 310 g/mol. The van der Waals surface area contributed by atoms with Gasteiger partial charge in [-0.2, -0.15) is 5.10 Å². The first kappa shape index (κ1) is 14.0. The minimum atomic E-state index is -0.401. The minimum absolute atomic E-state index is 0.151. The number of hydrogen-bond donors (Lipinski definition) is 0. The lowest BCUT2D eigenvalue weighted by Gasteiger charge is -2.28. The van der Waals surface area contributed by atoms with Gasteiger partial charge in [0.1, 0.15) is 11.9 Å². The zero-order valence-corrected chi connectivity index (χ0v) is 13.0. The maximum absolute atomic E-state index is 12.8. The predicted molar refractivity (Wildman–Crippen MR) is 84.9 cm³/mol. The third-order valence-corrected chi connectivity index (χ3v) is 4.55. The van der Waals surface area contributed by atoms with Crippen molar-refractivity contribution < 1.29 is 9.59 Å². The molecule has 3 amide bonds. The van der Waals surface area contributed by atoms with Gasteiger partial charge in [-0.1, -0.05) is 31.2 Å². The Hall–Kier alpha value is -2.63. The molecule has 0 radical (unpaired) electrons. The molecule has 1 atom stereocenters. The van der Waals surface area contributed by atoms with Crippen molar-refractivity contribution >= 4 is 17.8 Å². The number of carbonyl (C=O) groups is 2. The first-order valence-corrected chi connectivity index (χ1v) is 7.94. The second kappa shape index (κ2) is 5.22. The van der Waals surface area contributed by atoms with E-state index >= 15 is 0 Å². The zero-order chi connectivity index (χ0) is 16.0. The second-order valence-electron chi connectivity index (χ2n) is 5.99.